The number of nitrogens with zero attached hydrogens (tertiary/aromatic N) is 2. The number of nitrogens with two attached hydrogens (primary N) is 1. The maximum Gasteiger partial charge on any atom is 0.273 e. The molecular weight excluding hydrogens is 248 g/mol. The van der Waals surface area contributed by atoms with Gasteiger partial charge in [0.25, 0.3) is 5.91 Å². The highest BCUT2D eigenvalue weighted by Gasteiger charge is 2.08. The van der Waals surface area contributed by atoms with Gasteiger partial charge >= 0.3 is 0 Å². The Morgan fingerprint density at radius 3 is 2.68 bits per heavy atom. The van der Waals surface area contributed by atoms with Gasteiger partial charge in [-0.25, -0.2) is 0 Å². The Morgan fingerprint density at radius 2 is 2.11 bits per heavy atom. The van der Waals surface area contributed by atoms with Gasteiger partial charge in [0.2, 0.25) is 0 Å². The number of amides is 1. The van der Waals surface area contributed by atoms with E-state index in [2.05, 4.69) is 20.2 Å². The van der Waals surface area contributed by atoms with E-state index in [-0.39, 0.29) is 17.4 Å². The first-order valence-electron chi connectivity index (χ1n) is 5.46. The van der Waals surface area contributed by atoms with Crippen LogP contribution in [-0.4, -0.2) is 22.1 Å². The Bertz CT molecular complexity index is 576. The third kappa shape index (κ3) is 3.09. The van der Waals surface area contributed by atoms with Crippen LogP contribution in [0.5, 0.6) is 0 Å². The van der Waals surface area contributed by atoms with E-state index in [0.29, 0.717) is 12.1 Å². The van der Waals surface area contributed by atoms with Crippen molar-refractivity contribution in [2.75, 3.05) is 0 Å². The molecule has 0 unspecified atom stereocenters. The summed E-state index contributed by atoms with van der Waals surface area (Å²) in [5, 5.41) is 17.7. The highest BCUT2D eigenvalue weighted by Crippen LogP contribution is 2.04. The van der Waals surface area contributed by atoms with Gasteiger partial charge in [0, 0.05) is 18.2 Å². The van der Waals surface area contributed by atoms with Crippen molar-refractivity contribution < 1.29 is 14.5 Å². The van der Waals surface area contributed by atoms with Crippen LogP contribution in [0.2, 0.25) is 0 Å². The fourth-order valence-corrected chi connectivity index (χ4v) is 1.45. The number of amidine groups is 1. The number of hydrogen-bond donors (Lipinski definition) is 3. The molecule has 19 heavy (non-hydrogen) atoms. The lowest BCUT2D eigenvalue weighted by Crippen LogP contribution is -2.23. The standard InChI is InChI=1S/C12H12N4O3/c13-11(15-18)9-3-1-8(2-4-9)7-14-12(17)10-5-6-19-16-10/h1-6,18H,7H2,(H2,13,15)(H,14,17). The van der Waals surface area contributed by atoms with Crippen LogP contribution >= 0.6 is 0 Å². The lowest BCUT2D eigenvalue weighted by atomic mass is 10.1. The zero-order valence-corrected chi connectivity index (χ0v) is 9.91. The highest BCUT2D eigenvalue weighted by molar-refractivity contribution is 5.97. The van der Waals surface area contributed by atoms with E-state index >= 15 is 0 Å². The average Bonchev–Trinajstić information content (AvgIpc) is 2.98. The summed E-state index contributed by atoms with van der Waals surface area (Å²) in [5.41, 5.74) is 7.16. The topological polar surface area (TPSA) is 114 Å². The first kappa shape index (κ1) is 12.6. The van der Waals surface area contributed by atoms with E-state index in [0.717, 1.165) is 5.56 Å². The van der Waals surface area contributed by atoms with Crippen molar-refractivity contribution in [3.8, 4) is 0 Å². The van der Waals surface area contributed by atoms with Crippen LogP contribution in [0, 0.1) is 0 Å². The normalized spacial score (nSPS) is 11.3. The van der Waals surface area contributed by atoms with Crippen LogP contribution in [0.3, 0.4) is 0 Å². The minimum atomic E-state index is -0.311. The molecule has 0 aliphatic heterocycles. The maximum atomic E-state index is 11.6. The molecule has 98 valence electrons. The fraction of sp³-hybridized carbons (Fsp3) is 0.0833. The lowest BCUT2D eigenvalue weighted by Gasteiger charge is -2.04. The molecule has 0 saturated heterocycles. The minimum absolute atomic E-state index is 0.0400. The number of benzene rings is 1. The molecule has 0 bridgehead atoms. The zero-order chi connectivity index (χ0) is 13.7. The van der Waals surface area contributed by atoms with Gasteiger partial charge in [-0.2, -0.15) is 0 Å². The first-order valence-corrected chi connectivity index (χ1v) is 5.46. The molecule has 1 amide bonds. The average molecular weight is 260 g/mol. The van der Waals surface area contributed by atoms with E-state index < -0.39 is 0 Å². The summed E-state index contributed by atoms with van der Waals surface area (Å²) < 4.78 is 4.58. The summed E-state index contributed by atoms with van der Waals surface area (Å²) in [7, 11) is 0. The second kappa shape index (κ2) is 5.67. The van der Waals surface area contributed by atoms with Crippen molar-refractivity contribution in [1.29, 1.82) is 0 Å². The molecule has 0 radical (unpaired) electrons. The second-order valence-corrected chi connectivity index (χ2v) is 3.75. The van der Waals surface area contributed by atoms with Crippen LogP contribution < -0.4 is 11.1 Å². The number of carbonyl (C=O) groups is 1. The first-order chi connectivity index (χ1) is 9.20. The van der Waals surface area contributed by atoms with Crippen molar-refractivity contribution in [2.24, 2.45) is 10.9 Å². The maximum absolute atomic E-state index is 11.6. The van der Waals surface area contributed by atoms with Crippen molar-refractivity contribution >= 4 is 11.7 Å². The molecule has 0 spiro atoms. The monoisotopic (exact) mass is 260 g/mol. The SMILES string of the molecule is NC(=NO)c1ccc(CNC(=O)c2ccon2)cc1. The molecule has 0 fully saturated rings. The van der Waals surface area contributed by atoms with Crippen LogP contribution in [0.4, 0.5) is 0 Å². The zero-order valence-electron chi connectivity index (χ0n) is 9.91. The molecule has 0 aliphatic carbocycles. The molecule has 7 heteroatoms. The van der Waals surface area contributed by atoms with Crippen molar-refractivity contribution in [1.82, 2.24) is 10.5 Å². The van der Waals surface area contributed by atoms with Crippen molar-refractivity contribution in [3.63, 3.8) is 0 Å². The number of carbonyl (C=O) groups excluding carboxylic acids is 1. The molecule has 2 aromatic rings. The van der Waals surface area contributed by atoms with Gasteiger partial charge in [-0.05, 0) is 5.56 Å². The Hall–Kier alpha value is -2.83. The molecule has 1 aromatic heterocycles. The number of hydrogen-bond acceptors (Lipinski definition) is 5. The molecule has 1 aromatic carbocycles. The quantitative estimate of drug-likeness (QED) is 0.324. The molecule has 0 aliphatic rings. The summed E-state index contributed by atoms with van der Waals surface area (Å²) in [5.74, 6) is -0.271. The molecule has 0 atom stereocenters. The molecule has 2 rings (SSSR count). The molecule has 7 nitrogen and oxygen atoms in total. The largest absolute Gasteiger partial charge is 0.409 e. The van der Waals surface area contributed by atoms with Crippen molar-refractivity contribution in [3.05, 3.63) is 53.4 Å². The van der Waals surface area contributed by atoms with E-state index in [1.165, 1.54) is 12.3 Å². The van der Waals surface area contributed by atoms with Gasteiger partial charge in [-0.1, -0.05) is 34.6 Å². The molecule has 0 saturated carbocycles. The van der Waals surface area contributed by atoms with Crippen LogP contribution in [0.25, 0.3) is 0 Å². The van der Waals surface area contributed by atoms with Crippen LogP contribution in [-0.2, 0) is 6.54 Å². The third-order valence-electron chi connectivity index (χ3n) is 2.48. The Kier molecular flexibility index (Phi) is 3.77. The van der Waals surface area contributed by atoms with E-state index in [4.69, 9.17) is 10.9 Å². The Balaban J connectivity index is 1.95. The summed E-state index contributed by atoms with van der Waals surface area (Å²) >= 11 is 0. The number of aromatic nitrogens is 1. The number of rotatable bonds is 4. The van der Waals surface area contributed by atoms with E-state index in [9.17, 15) is 4.79 Å². The van der Waals surface area contributed by atoms with Gasteiger partial charge in [0.05, 0.1) is 0 Å². The third-order valence-corrected chi connectivity index (χ3v) is 2.48. The highest BCUT2D eigenvalue weighted by atomic mass is 16.5. The molecule has 4 N–H and O–H groups in total. The van der Waals surface area contributed by atoms with Crippen LogP contribution in [0.1, 0.15) is 21.6 Å². The van der Waals surface area contributed by atoms with Gasteiger partial charge in [0.15, 0.2) is 11.5 Å². The van der Waals surface area contributed by atoms with Gasteiger partial charge in [-0.15, -0.1) is 0 Å². The minimum Gasteiger partial charge on any atom is -0.409 e. The summed E-state index contributed by atoms with van der Waals surface area (Å²) in [4.78, 5) is 11.6. The Labute approximate surface area is 108 Å². The summed E-state index contributed by atoms with van der Waals surface area (Å²) in [6.45, 7) is 0.349. The van der Waals surface area contributed by atoms with Gasteiger partial charge in [-0.3, -0.25) is 4.79 Å². The predicted octanol–water partition coefficient (Wildman–Crippen LogP) is 0.699. The van der Waals surface area contributed by atoms with Gasteiger partial charge in [0.1, 0.15) is 6.26 Å². The van der Waals surface area contributed by atoms with Gasteiger partial charge < -0.3 is 20.8 Å². The predicted molar refractivity (Wildman–Crippen MR) is 66.6 cm³/mol. The number of nitrogens with one attached hydrogen (secondary N) is 1. The summed E-state index contributed by atoms with van der Waals surface area (Å²) in [6, 6.07) is 8.43. The summed E-state index contributed by atoms with van der Waals surface area (Å²) in [6.07, 6.45) is 1.33. The second-order valence-electron chi connectivity index (χ2n) is 3.75. The number of oxime groups is 1. The Morgan fingerprint density at radius 1 is 1.37 bits per heavy atom. The molecular formula is C12H12N4O3. The lowest BCUT2D eigenvalue weighted by molar-refractivity contribution is 0.0942. The van der Waals surface area contributed by atoms with E-state index in [1.54, 1.807) is 24.3 Å². The fourth-order valence-electron chi connectivity index (χ4n) is 1.45. The molecule has 1 heterocycles. The van der Waals surface area contributed by atoms with E-state index in [1.807, 2.05) is 0 Å². The van der Waals surface area contributed by atoms with Crippen LogP contribution in [0.15, 0.2) is 46.3 Å². The smallest absolute Gasteiger partial charge is 0.273 e. The van der Waals surface area contributed by atoms with Crippen molar-refractivity contribution in [2.45, 2.75) is 6.54 Å².